The lowest BCUT2D eigenvalue weighted by Gasteiger charge is -2.03. The zero-order chi connectivity index (χ0) is 12.8. The average Bonchev–Trinajstić information content (AvgIpc) is 2.77. The molecule has 1 aromatic carbocycles. The SMILES string of the molecule is CNCC(=O)NCCCc1nc2ccccc2[nH]1. The van der Waals surface area contributed by atoms with Crippen LogP contribution in [0.4, 0.5) is 0 Å². The molecule has 0 atom stereocenters. The predicted octanol–water partition coefficient (Wildman–Crippen LogP) is 0.831. The number of likely N-dealkylation sites (N-methyl/N-ethyl adjacent to an activating group) is 1. The first kappa shape index (κ1) is 12.6. The number of para-hydroxylation sites is 2. The average molecular weight is 246 g/mol. The standard InChI is InChI=1S/C13H18N4O/c1-14-9-13(18)15-8-4-7-12-16-10-5-2-3-6-11(10)17-12/h2-3,5-6,14H,4,7-9H2,1H3,(H,15,18)(H,16,17). The third-order valence-electron chi connectivity index (χ3n) is 2.69. The summed E-state index contributed by atoms with van der Waals surface area (Å²) < 4.78 is 0. The highest BCUT2D eigenvalue weighted by atomic mass is 16.1. The summed E-state index contributed by atoms with van der Waals surface area (Å²) in [5.41, 5.74) is 2.05. The molecule has 18 heavy (non-hydrogen) atoms. The second-order valence-corrected chi connectivity index (χ2v) is 4.18. The van der Waals surface area contributed by atoms with Crippen LogP contribution < -0.4 is 10.6 Å². The molecular formula is C13H18N4O. The van der Waals surface area contributed by atoms with Crippen molar-refractivity contribution in [2.45, 2.75) is 12.8 Å². The van der Waals surface area contributed by atoms with E-state index >= 15 is 0 Å². The summed E-state index contributed by atoms with van der Waals surface area (Å²) in [6.07, 6.45) is 1.73. The highest BCUT2D eigenvalue weighted by Crippen LogP contribution is 2.10. The van der Waals surface area contributed by atoms with Gasteiger partial charge in [-0.2, -0.15) is 0 Å². The molecule has 0 aliphatic rings. The van der Waals surface area contributed by atoms with Crippen LogP contribution in [0.25, 0.3) is 11.0 Å². The van der Waals surface area contributed by atoms with Crippen molar-refractivity contribution >= 4 is 16.9 Å². The van der Waals surface area contributed by atoms with Gasteiger partial charge in [-0.1, -0.05) is 12.1 Å². The van der Waals surface area contributed by atoms with E-state index in [0.29, 0.717) is 13.1 Å². The summed E-state index contributed by atoms with van der Waals surface area (Å²) in [6.45, 7) is 1.04. The van der Waals surface area contributed by atoms with E-state index in [2.05, 4.69) is 20.6 Å². The summed E-state index contributed by atoms with van der Waals surface area (Å²) in [5, 5.41) is 5.66. The molecule has 0 fully saturated rings. The monoisotopic (exact) mass is 246 g/mol. The lowest BCUT2D eigenvalue weighted by molar-refractivity contribution is -0.120. The van der Waals surface area contributed by atoms with E-state index in [0.717, 1.165) is 29.7 Å². The van der Waals surface area contributed by atoms with Crippen molar-refractivity contribution in [3.05, 3.63) is 30.1 Å². The fraction of sp³-hybridized carbons (Fsp3) is 0.385. The van der Waals surface area contributed by atoms with Gasteiger partial charge in [0.2, 0.25) is 5.91 Å². The Morgan fingerprint density at radius 2 is 2.22 bits per heavy atom. The normalized spacial score (nSPS) is 10.7. The Bertz CT molecular complexity index is 487. The first-order valence-electron chi connectivity index (χ1n) is 6.14. The van der Waals surface area contributed by atoms with Crippen molar-refractivity contribution in [3.8, 4) is 0 Å². The van der Waals surface area contributed by atoms with Crippen LogP contribution >= 0.6 is 0 Å². The van der Waals surface area contributed by atoms with Gasteiger partial charge in [-0.15, -0.1) is 0 Å². The van der Waals surface area contributed by atoms with Crippen LogP contribution in [0.2, 0.25) is 0 Å². The van der Waals surface area contributed by atoms with Crippen LogP contribution in [-0.2, 0) is 11.2 Å². The highest BCUT2D eigenvalue weighted by molar-refractivity contribution is 5.77. The van der Waals surface area contributed by atoms with Gasteiger partial charge in [0.1, 0.15) is 5.82 Å². The first-order valence-corrected chi connectivity index (χ1v) is 6.14. The molecule has 0 aliphatic heterocycles. The maximum Gasteiger partial charge on any atom is 0.233 e. The number of nitrogens with zero attached hydrogens (tertiary/aromatic N) is 1. The molecule has 0 spiro atoms. The summed E-state index contributed by atoms with van der Waals surface area (Å²) in [6, 6.07) is 7.97. The van der Waals surface area contributed by atoms with Crippen LogP contribution in [0.5, 0.6) is 0 Å². The Labute approximate surface area is 106 Å². The molecular weight excluding hydrogens is 228 g/mol. The van der Waals surface area contributed by atoms with Gasteiger partial charge < -0.3 is 15.6 Å². The highest BCUT2D eigenvalue weighted by Gasteiger charge is 2.02. The molecule has 0 radical (unpaired) electrons. The molecule has 3 N–H and O–H groups in total. The number of carbonyl (C=O) groups is 1. The Balaban J connectivity index is 1.78. The van der Waals surface area contributed by atoms with E-state index in [1.54, 1.807) is 7.05 Å². The van der Waals surface area contributed by atoms with E-state index in [1.165, 1.54) is 0 Å². The summed E-state index contributed by atoms with van der Waals surface area (Å²) >= 11 is 0. The smallest absolute Gasteiger partial charge is 0.233 e. The van der Waals surface area contributed by atoms with Crippen LogP contribution in [0, 0.1) is 0 Å². The minimum Gasteiger partial charge on any atom is -0.355 e. The lowest BCUT2D eigenvalue weighted by atomic mass is 10.3. The minimum atomic E-state index is 0.0297. The number of imidazole rings is 1. The van der Waals surface area contributed by atoms with Crippen molar-refractivity contribution in [2.75, 3.05) is 20.1 Å². The van der Waals surface area contributed by atoms with E-state index in [1.807, 2.05) is 24.3 Å². The second kappa shape index (κ2) is 6.16. The van der Waals surface area contributed by atoms with Crippen LogP contribution in [0.15, 0.2) is 24.3 Å². The fourth-order valence-electron chi connectivity index (χ4n) is 1.83. The summed E-state index contributed by atoms with van der Waals surface area (Å²) in [4.78, 5) is 19.0. The third-order valence-corrected chi connectivity index (χ3v) is 2.69. The molecule has 0 unspecified atom stereocenters. The van der Waals surface area contributed by atoms with E-state index < -0.39 is 0 Å². The van der Waals surface area contributed by atoms with E-state index in [-0.39, 0.29) is 5.91 Å². The maximum absolute atomic E-state index is 11.2. The largest absolute Gasteiger partial charge is 0.355 e. The molecule has 96 valence electrons. The molecule has 0 saturated heterocycles. The number of nitrogens with one attached hydrogen (secondary N) is 3. The Kier molecular flexibility index (Phi) is 4.30. The predicted molar refractivity (Wildman–Crippen MR) is 71.4 cm³/mol. The Hall–Kier alpha value is -1.88. The quantitative estimate of drug-likeness (QED) is 0.661. The van der Waals surface area contributed by atoms with Crippen LogP contribution in [0.1, 0.15) is 12.2 Å². The van der Waals surface area contributed by atoms with Crippen molar-refractivity contribution in [3.63, 3.8) is 0 Å². The molecule has 2 aromatic rings. The van der Waals surface area contributed by atoms with Crippen molar-refractivity contribution in [1.82, 2.24) is 20.6 Å². The van der Waals surface area contributed by atoms with E-state index in [9.17, 15) is 4.79 Å². The van der Waals surface area contributed by atoms with E-state index in [4.69, 9.17) is 0 Å². The second-order valence-electron chi connectivity index (χ2n) is 4.18. The number of aromatic nitrogens is 2. The van der Waals surface area contributed by atoms with Crippen LogP contribution in [-0.4, -0.2) is 36.0 Å². The van der Waals surface area contributed by atoms with Gasteiger partial charge in [-0.05, 0) is 25.6 Å². The number of rotatable bonds is 6. The topological polar surface area (TPSA) is 69.8 Å². The number of hydrogen-bond acceptors (Lipinski definition) is 3. The van der Waals surface area contributed by atoms with Crippen molar-refractivity contribution in [2.24, 2.45) is 0 Å². The van der Waals surface area contributed by atoms with Crippen LogP contribution in [0.3, 0.4) is 0 Å². The number of benzene rings is 1. The van der Waals surface area contributed by atoms with Gasteiger partial charge in [-0.25, -0.2) is 4.98 Å². The minimum absolute atomic E-state index is 0.0297. The molecule has 1 aromatic heterocycles. The Morgan fingerprint density at radius 1 is 1.39 bits per heavy atom. The number of hydrogen-bond donors (Lipinski definition) is 3. The van der Waals surface area contributed by atoms with Gasteiger partial charge in [0.25, 0.3) is 0 Å². The summed E-state index contributed by atoms with van der Waals surface area (Å²) in [7, 11) is 1.76. The molecule has 2 rings (SSSR count). The fourth-order valence-corrected chi connectivity index (χ4v) is 1.83. The van der Waals surface area contributed by atoms with Gasteiger partial charge in [-0.3, -0.25) is 4.79 Å². The Morgan fingerprint density at radius 3 is 3.00 bits per heavy atom. The zero-order valence-corrected chi connectivity index (χ0v) is 10.5. The lowest BCUT2D eigenvalue weighted by Crippen LogP contribution is -2.32. The maximum atomic E-state index is 11.2. The van der Waals surface area contributed by atoms with Gasteiger partial charge in [0.15, 0.2) is 0 Å². The number of aryl methyl sites for hydroxylation is 1. The molecule has 0 saturated carbocycles. The third kappa shape index (κ3) is 3.30. The zero-order valence-electron chi connectivity index (χ0n) is 10.5. The van der Waals surface area contributed by atoms with Gasteiger partial charge in [0.05, 0.1) is 17.6 Å². The molecule has 0 bridgehead atoms. The van der Waals surface area contributed by atoms with Crippen molar-refractivity contribution < 1.29 is 4.79 Å². The molecule has 5 nitrogen and oxygen atoms in total. The van der Waals surface area contributed by atoms with Gasteiger partial charge in [0, 0.05) is 13.0 Å². The number of carbonyl (C=O) groups excluding carboxylic acids is 1. The number of aromatic amines is 1. The number of H-pyrrole nitrogens is 1. The van der Waals surface area contributed by atoms with Crippen molar-refractivity contribution in [1.29, 1.82) is 0 Å². The molecule has 5 heteroatoms. The molecule has 1 amide bonds. The van der Waals surface area contributed by atoms with Gasteiger partial charge >= 0.3 is 0 Å². The number of amides is 1. The molecule has 0 aliphatic carbocycles. The first-order chi connectivity index (χ1) is 8.79. The number of fused-ring (bicyclic) bond motifs is 1. The summed E-state index contributed by atoms with van der Waals surface area (Å²) in [5.74, 6) is 1.00. The molecule has 1 heterocycles.